The molecule has 1 aliphatic heterocycles. The summed E-state index contributed by atoms with van der Waals surface area (Å²) in [4.78, 5) is 0. The Morgan fingerprint density at radius 2 is 1.68 bits per heavy atom. The van der Waals surface area contributed by atoms with E-state index in [1.165, 1.54) is 0 Å². The van der Waals surface area contributed by atoms with Gasteiger partial charge in [0.2, 0.25) is 0 Å². The van der Waals surface area contributed by atoms with Crippen molar-refractivity contribution in [3.63, 3.8) is 0 Å². The van der Waals surface area contributed by atoms with Crippen LogP contribution in [0.4, 0.5) is 5.69 Å². The molecule has 1 saturated heterocycles. The molecular weight excluding hydrogens is 297 g/mol. The van der Waals surface area contributed by atoms with Crippen molar-refractivity contribution in [1.29, 1.82) is 0 Å². The van der Waals surface area contributed by atoms with Gasteiger partial charge in [-0.2, -0.15) is 0 Å². The maximum atomic E-state index is 11.9. The summed E-state index contributed by atoms with van der Waals surface area (Å²) >= 11 is 0. The molecule has 1 unspecified atom stereocenters. The van der Waals surface area contributed by atoms with Crippen molar-refractivity contribution >= 4 is 29.3 Å². The van der Waals surface area contributed by atoms with Crippen LogP contribution in [0, 0.1) is 6.92 Å². The van der Waals surface area contributed by atoms with Gasteiger partial charge in [-0.05, 0) is 65.6 Å². The van der Waals surface area contributed by atoms with Crippen molar-refractivity contribution in [3.05, 3.63) is 23.8 Å². The lowest BCUT2D eigenvalue weighted by molar-refractivity contribution is 0.00578. The molecule has 0 bridgehead atoms. The molecule has 1 N–H and O–H groups in total. The molecule has 1 heterocycles. The van der Waals surface area contributed by atoms with E-state index in [0.29, 0.717) is 0 Å². The predicted octanol–water partition coefficient (Wildman–Crippen LogP) is 2.78. The van der Waals surface area contributed by atoms with Gasteiger partial charge >= 0.3 is 7.12 Å². The van der Waals surface area contributed by atoms with E-state index in [4.69, 9.17) is 9.31 Å². The zero-order chi connectivity index (χ0) is 16.7. The van der Waals surface area contributed by atoms with E-state index in [0.717, 1.165) is 16.7 Å². The predicted molar refractivity (Wildman–Crippen MR) is 93.8 cm³/mol. The van der Waals surface area contributed by atoms with Crippen LogP contribution in [-0.2, 0) is 20.3 Å². The number of anilines is 1. The van der Waals surface area contributed by atoms with E-state index in [1.807, 2.05) is 66.7 Å². The van der Waals surface area contributed by atoms with Gasteiger partial charge in [-0.1, -0.05) is 12.1 Å². The SMILES string of the molecule is Cc1cc(B2OC(C)(C)C(C)(C)O2)ccc1NS(=O)C(C)C. The van der Waals surface area contributed by atoms with Crippen molar-refractivity contribution < 1.29 is 13.5 Å². The van der Waals surface area contributed by atoms with Crippen molar-refractivity contribution in [2.45, 2.75) is 64.9 Å². The summed E-state index contributed by atoms with van der Waals surface area (Å²) < 4.78 is 27.1. The second kappa shape index (κ2) is 5.98. The van der Waals surface area contributed by atoms with E-state index in [-0.39, 0.29) is 23.6 Å². The third-order valence-corrected chi connectivity index (χ3v) is 5.69. The van der Waals surface area contributed by atoms with Crippen LogP contribution in [0.25, 0.3) is 0 Å². The third kappa shape index (κ3) is 3.39. The summed E-state index contributed by atoms with van der Waals surface area (Å²) in [5.41, 5.74) is 2.20. The molecule has 0 radical (unpaired) electrons. The molecule has 2 rings (SSSR count). The minimum Gasteiger partial charge on any atom is -0.399 e. The molecule has 0 spiro atoms. The standard InChI is InChI=1S/C16H26BNO3S/c1-11(2)22(19)18-14-9-8-13(10-12(14)3)17-20-15(4,5)16(6,7)21-17/h8-11,18H,1-7H3. The molecule has 1 aromatic rings. The Labute approximate surface area is 136 Å². The van der Waals surface area contributed by atoms with Gasteiger partial charge in [-0.25, -0.2) is 4.21 Å². The second-order valence-corrected chi connectivity index (χ2v) is 8.85. The first kappa shape index (κ1) is 17.5. The van der Waals surface area contributed by atoms with Gasteiger partial charge in [-0.3, -0.25) is 0 Å². The average Bonchev–Trinajstić information content (AvgIpc) is 2.60. The largest absolute Gasteiger partial charge is 0.494 e. The lowest BCUT2D eigenvalue weighted by Crippen LogP contribution is -2.41. The maximum absolute atomic E-state index is 11.9. The van der Waals surface area contributed by atoms with Crippen molar-refractivity contribution in [2.24, 2.45) is 0 Å². The quantitative estimate of drug-likeness (QED) is 0.867. The van der Waals surface area contributed by atoms with E-state index < -0.39 is 11.0 Å². The van der Waals surface area contributed by atoms with Gasteiger partial charge < -0.3 is 14.0 Å². The summed E-state index contributed by atoms with van der Waals surface area (Å²) in [5.74, 6) is 0. The lowest BCUT2D eigenvalue weighted by Gasteiger charge is -2.32. The van der Waals surface area contributed by atoms with Crippen LogP contribution in [0.1, 0.15) is 47.1 Å². The van der Waals surface area contributed by atoms with Crippen LogP contribution in [0.3, 0.4) is 0 Å². The van der Waals surface area contributed by atoms with Crippen molar-refractivity contribution in [3.8, 4) is 0 Å². The molecule has 6 heteroatoms. The number of nitrogens with one attached hydrogen (secondary N) is 1. The molecule has 4 nitrogen and oxygen atoms in total. The fourth-order valence-electron chi connectivity index (χ4n) is 2.15. The summed E-state index contributed by atoms with van der Waals surface area (Å²) in [6.07, 6.45) is 0. The van der Waals surface area contributed by atoms with E-state index >= 15 is 0 Å². The van der Waals surface area contributed by atoms with Crippen LogP contribution >= 0.6 is 0 Å². The normalized spacial score (nSPS) is 21.2. The molecule has 22 heavy (non-hydrogen) atoms. The molecule has 0 saturated carbocycles. The second-order valence-electron chi connectivity index (χ2n) is 7.11. The first-order chi connectivity index (χ1) is 10.0. The minimum atomic E-state index is -1.08. The molecule has 0 aliphatic carbocycles. The summed E-state index contributed by atoms with van der Waals surface area (Å²) in [5, 5.41) is 0.0715. The highest BCUT2D eigenvalue weighted by atomic mass is 32.2. The molecule has 1 aliphatic rings. The van der Waals surface area contributed by atoms with Gasteiger partial charge in [0.15, 0.2) is 0 Å². The molecule has 1 atom stereocenters. The Bertz CT molecular complexity index is 571. The number of benzene rings is 1. The van der Waals surface area contributed by atoms with Crippen molar-refractivity contribution in [1.82, 2.24) is 0 Å². The highest BCUT2D eigenvalue weighted by Crippen LogP contribution is 2.36. The summed E-state index contributed by atoms with van der Waals surface area (Å²) in [6, 6.07) is 5.94. The molecule has 1 fully saturated rings. The van der Waals surface area contributed by atoms with Gasteiger partial charge in [0.05, 0.1) is 11.2 Å². The molecular formula is C16H26BNO3S. The van der Waals surface area contributed by atoms with Crippen LogP contribution in [-0.4, -0.2) is 27.8 Å². The monoisotopic (exact) mass is 323 g/mol. The van der Waals surface area contributed by atoms with Crippen LogP contribution in [0.2, 0.25) is 0 Å². The average molecular weight is 323 g/mol. The number of hydrogen-bond acceptors (Lipinski definition) is 3. The van der Waals surface area contributed by atoms with Crippen LogP contribution in [0.15, 0.2) is 18.2 Å². The van der Waals surface area contributed by atoms with Gasteiger partial charge in [0, 0.05) is 10.9 Å². The smallest absolute Gasteiger partial charge is 0.399 e. The van der Waals surface area contributed by atoms with Crippen LogP contribution in [0.5, 0.6) is 0 Å². The first-order valence-corrected chi connectivity index (χ1v) is 8.88. The molecule has 122 valence electrons. The highest BCUT2D eigenvalue weighted by molar-refractivity contribution is 7.86. The number of aryl methyl sites for hydroxylation is 1. The van der Waals surface area contributed by atoms with E-state index in [1.54, 1.807) is 0 Å². The van der Waals surface area contributed by atoms with Gasteiger partial charge in [-0.15, -0.1) is 0 Å². The maximum Gasteiger partial charge on any atom is 0.494 e. The fourth-order valence-corrected chi connectivity index (χ4v) is 2.83. The summed E-state index contributed by atoms with van der Waals surface area (Å²) in [7, 11) is -1.45. The summed E-state index contributed by atoms with van der Waals surface area (Å²) in [6.45, 7) is 14.0. The van der Waals surface area contributed by atoms with Crippen molar-refractivity contribution in [2.75, 3.05) is 4.72 Å². The Morgan fingerprint density at radius 3 is 2.14 bits per heavy atom. The Balaban J connectivity index is 2.19. The molecule has 0 amide bonds. The number of rotatable bonds is 4. The fraction of sp³-hybridized carbons (Fsp3) is 0.625. The Kier molecular flexibility index (Phi) is 4.76. The van der Waals surface area contributed by atoms with E-state index in [9.17, 15) is 4.21 Å². The van der Waals surface area contributed by atoms with E-state index in [2.05, 4.69) is 4.72 Å². The zero-order valence-electron chi connectivity index (χ0n) is 14.5. The Morgan fingerprint density at radius 1 is 1.14 bits per heavy atom. The topological polar surface area (TPSA) is 47.6 Å². The number of hydrogen-bond donors (Lipinski definition) is 1. The van der Waals surface area contributed by atoms with Gasteiger partial charge in [0.1, 0.15) is 11.0 Å². The van der Waals surface area contributed by atoms with Crippen LogP contribution < -0.4 is 10.2 Å². The Hall–Kier alpha value is -0.845. The van der Waals surface area contributed by atoms with Gasteiger partial charge in [0.25, 0.3) is 0 Å². The molecule has 0 aromatic heterocycles. The minimum absolute atomic E-state index is 0.0715. The highest BCUT2D eigenvalue weighted by Gasteiger charge is 2.51. The third-order valence-electron chi connectivity index (χ3n) is 4.41. The zero-order valence-corrected chi connectivity index (χ0v) is 15.3. The molecule has 1 aromatic carbocycles. The lowest BCUT2D eigenvalue weighted by atomic mass is 9.78. The first-order valence-electron chi connectivity index (χ1n) is 7.67.